The summed E-state index contributed by atoms with van der Waals surface area (Å²) < 4.78 is 12.0. The molecule has 40 heavy (non-hydrogen) atoms. The first-order chi connectivity index (χ1) is 19.4. The van der Waals surface area contributed by atoms with E-state index in [1.54, 1.807) is 0 Å². The van der Waals surface area contributed by atoms with Crippen molar-refractivity contribution in [2.45, 2.75) is 69.1 Å². The van der Waals surface area contributed by atoms with Crippen LogP contribution in [0.5, 0.6) is 11.5 Å². The van der Waals surface area contributed by atoms with E-state index in [9.17, 15) is 15.0 Å². The van der Waals surface area contributed by atoms with Gasteiger partial charge in [-0.15, -0.1) is 0 Å². The van der Waals surface area contributed by atoms with Crippen LogP contribution in [0, 0.1) is 5.92 Å². The van der Waals surface area contributed by atoms with Crippen LogP contribution < -0.4 is 14.8 Å². The summed E-state index contributed by atoms with van der Waals surface area (Å²) >= 11 is 0. The zero-order valence-corrected chi connectivity index (χ0v) is 23.3. The molecule has 3 aliphatic rings. The molecule has 6 rings (SSSR count). The van der Waals surface area contributed by atoms with Crippen molar-refractivity contribution < 1.29 is 24.5 Å². The van der Waals surface area contributed by atoms with Crippen molar-refractivity contribution in [2.24, 2.45) is 5.92 Å². The monoisotopic (exact) mass is 547 g/mol. The lowest BCUT2D eigenvalue weighted by atomic mass is 9.80. The molecule has 8 heteroatoms. The molecule has 0 unspecified atom stereocenters. The molecular weight excluding hydrogens is 506 g/mol. The van der Waals surface area contributed by atoms with Crippen LogP contribution in [0.25, 0.3) is 10.9 Å². The van der Waals surface area contributed by atoms with Crippen molar-refractivity contribution in [3.63, 3.8) is 0 Å². The summed E-state index contributed by atoms with van der Waals surface area (Å²) in [7, 11) is 0. The van der Waals surface area contributed by atoms with Crippen LogP contribution in [0.3, 0.4) is 0 Å². The van der Waals surface area contributed by atoms with Gasteiger partial charge in [-0.3, -0.25) is 4.79 Å². The van der Waals surface area contributed by atoms with Crippen LogP contribution in [0.1, 0.15) is 67.4 Å². The predicted octanol–water partition coefficient (Wildman–Crippen LogP) is 4.22. The summed E-state index contributed by atoms with van der Waals surface area (Å²) in [6, 6.07) is 15.8. The minimum atomic E-state index is -0.682. The number of aromatic nitrogens is 1. The van der Waals surface area contributed by atoms with Crippen LogP contribution in [0.2, 0.25) is 0 Å². The number of aromatic amines is 1. The number of fused-ring (bicyclic) bond motifs is 2. The van der Waals surface area contributed by atoms with Crippen molar-refractivity contribution in [1.29, 1.82) is 0 Å². The largest absolute Gasteiger partial charge is 0.493 e. The van der Waals surface area contributed by atoms with Crippen molar-refractivity contribution in [2.75, 3.05) is 32.8 Å². The van der Waals surface area contributed by atoms with Crippen molar-refractivity contribution in [3.8, 4) is 11.5 Å². The van der Waals surface area contributed by atoms with E-state index < -0.39 is 5.60 Å². The number of nitrogens with one attached hydrogen (secondary N) is 2. The molecule has 0 bridgehead atoms. The third-order valence-electron chi connectivity index (χ3n) is 9.20. The number of carbonyl (C=O) groups is 1. The molecule has 3 aromatic rings. The SMILES string of the molecule is C[C@H]1CN(CC[C@]2(O)CC[C@@H](NC(=O)c3cc4c(OC[C@@H]5COc6ccccc65)cccc4[nH]3)CC2)CC[C@@H]1O. The van der Waals surface area contributed by atoms with Crippen molar-refractivity contribution >= 4 is 16.8 Å². The molecule has 214 valence electrons. The maximum Gasteiger partial charge on any atom is 0.267 e. The smallest absolute Gasteiger partial charge is 0.267 e. The minimum absolute atomic E-state index is 0.0440. The quantitative estimate of drug-likeness (QED) is 0.337. The van der Waals surface area contributed by atoms with Gasteiger partial charge in [0, 0.05) is 42.1 Å². The molecule has 2 fully saturated rings. The Morgan fingerprint density at radius 3 is 2.83 bits per heavy atom. The van der Waals surface area contributed by atoms with E-state index in [0.29, 0.717) is 31.7 Å². The second-order valence-electron chi connectivity index (χ2n) is 12.1. The van der Waals surface area contributed by atoms with E-state index in [1.165, 1.54) is 5.56 Å². The summed E-state index contributed by atoms with van der Waals surface area (Å²) in [4.78, 5) is 18.8. The number of nitrogens with zero attached hydrogens (tertiary/aromatic N) is 1. The Hall–Kier alpha value is -3.07. The lowest BCUT2D eigenvalue weighted by Gasteiger charge is -2.39. The van der Waals surface area contributed by atoms with Crippen LogP contribution >= 0.6 is 0 Å². The molecule has 0 spiro atoms. The number of piperidine rings is 1. The molecular formula is C32H41N3O5. The van der Waals surface area contributed by atoms with Gasteiger partial charge in [0.1, 0.15) is 17.2 Å². The Balaban J connectivity index is 1.01. The highest BCUT2D eigenvalue weighted by molar-refractivity contribution is 5.99. The summed E-state index contributed by atoms with van der Waals surface area (Å²) in [5, 5.41) is 25.2. The van der Waals surface area contributed by atoms with E-state index in [4.69, 9.17) is 9.47 Å². The van der Waals surface area contributed by atoms with Gasteiger partial charge in [-0.05, 0) is 68.7 Å². The van der Waals surface area contributed by atoms with Gasteiger partial charge in [0.25, 0.3) is 5.91 Å². The number of benzene rings is 2. The summed E-state index contributed by atoms with van der Waals surface area (Å²) in [5.74, 6) is 2.00. The highest BCUT2D eigenvalue weighted by Gasteiger charge is 2.35. The molecule has 2 aliphatic heterocycles. The normalized spacial score (nSPS) is 28.7. The van der Waals surface area contributed by atoms with Crippen LogP contribution in [-0.2, 0) is 0 Å². The topological polar surface area (TPSA) is 107 Å². The third-order valence-corrected chi connectivity index (χ3v) is 9.20. The first-order valence-electron chi connectivity index (χ1n) is 14.8. The van der Waals surface area contributed by atoms with Crippen LogP contribution in [-0.4, -0.2) is 76.6 Å². The van der Waals surface area contributed by atoms with Gasteiger partial charge >= 0.3 is 0 Å². The first-order valence-corrected chi connectivity index (χ1v) is 14.8. The number of hydrogen-bond donors (Lipinski definition) is 4. The number of rotatable bonds is 8. The molecule has 1 saturated heterocycles. The number of hydrogen-bond acceptors (Lipinski definition) is 6. The molecule has 8 nitrogen and oxygen atoms in total. The van der Waals surface area contributed by atoms with Crippen molar-refractivity contribution in [1.82, 2.24) is 15.2 Å². The number of para-hydroxylation sites is 1. The zero-order valence-electron chi connectivity index (χ0n) is 23.3. The first kappa shape index (κ1) is 27.1. The van der Waals surface area contributed by atoms with Gasteiger partial charge in [-0.1, -0.05) is 31.2 Å². The maximum absolute atomic E-state index is 13.2. The number of amides is 1. The van der Waals surface area contributed by atoms with Gasteiger partial charge in [-0.2, -0.15) is 0 Å². The van der Waals surface area contributed by atoms with E-state index in [2.05, 4.69) is 28.2 Å². The van der Waals surface area contributed by atoms with Gasteiger partial charge in [0.15, 0.2) is 0 Å². The number of carbonyl (C=O) groups excluding carboxylic acids is 1. The second-order valence-corrected chi connectivity index (χ2v) is 12.1. The molecule has 4 N–H and O–H groups in total. The molecule has 1 aliphatic carbocycles. The Labute approximate surface area is 235 Å². The van der Waals surface area contributed by atoms with Gasteiger partial charge in [0.2, 0.25) is 0 Å². The Morgan fingerprint density at radius 2 is 2.00 bits per heavy atom. The highest BCUT2D eigenvalue weighted by atomic mass is 16.5. The minimum Gasteiger partial charge on any atom is -0.493 e. The molecule has 3 heterocycles. The average molecular weight is 548 g/mol. The van der Waals surface area contributed by atoms with Crippen molar-refractivity contribution in [3.05, 3.63) is 59.8 Å². The summed E-state index contributed by atoms with van der Waals surface area (Å²) in [6.07, 6.45) is 4.22. The second kappa shape index (κ2) is 11.4. The lowest BCUT2D eigenvalue weighted by molar-refractivity contribution is -0.0272. The molecule has 0 radical (unpaired) electrons. The average Bonchev–Trinajstić information content (AvgIpc) is 3.59. The molecule has 3 atom stereocenters. The highest BCUT2D eigenvalue weighted by Crippen LogP contribution is 2.35. The standard InChI is InChI=1S/C32H41N3O5/c1-21-18-35(15-11-28(21)36)16-14-32(38)12-9-23(10-13-32)33-31(37)27-17-25-26(34-27)6-4-8-30(25)40-20-22-19-39-29-7-3-2-5-24(22)29/h2-8,17,21-23,28,34,36,38H,9-16,18-20H2,1H3,(H,33,37)/t21-,22-,23-,28-,32+/m0/s1. The number of likely N-dealkylation sites (tertiary alicyclic amines) is 1. The Morgan fingerprint density at radius 1 is 1.18 bits per heavy atom. The zero-order chi connectivity index (χ0) is 27.7. The van der Waals surface area contributed by atoms with Crippen LogP contribution in [0.15, 0.2) is 48.5 Å². The molecule has 2 aromatic carbocycles. The number of ether oxygens (including phenoxy) is 2. The van der Waals surface area contributed by atoms with Gasteiger partial charge in [0.05, 0.1) is 30.8 Å². The Kier molecular flexibility index (Phi) is 7.75. The van der Waals surface area contributed by atoms with E-state index in [0.717, 1.165) is 67.7 Å². The number of H-pyrrole nitrogens is 1. The third kappa shape index (κ3) is 5.85. The van der Waals surface area contributed by atoms with E-state index in [1.807, 2.05) is 42.5 Å². The lowest BCUT2D eigenvalue weighted by Crippen LogP contribution is -2.47. The fourth-order valence-corrected chi connectivity index (χ4v) is 6.53. The molecule has 1 amide bonds. The van der Waals surface area contributed by atoms with Gasteiger partial charge < -0.3 is 34.9 Å². The molecule has 1 aromatic heterocycles. The Bertz CT molecular complexity index is 1330. The predicted molar refractivity (Wildman–Crippen MR) is 154 cm³/mol. The fraction of sp³-hybridized carbons (Fsp3) is 0.531. The van der Waals surface area contributed by atoms with E-state index >= 15 is 0 Å². The van der Waals surface area contributed by atoms with E-state index in [-0.39, 0.29) is 29.9 Å². The number of aliphatic hydroxyl groups excluding tert-OH is 1. The summed E-state index contributed by atoms with van der Waals surface area (Å²) in [5.41, 5.74) is 1.87. The summed E-state index contributed by atoms with van der Waals surface area (Å²) in [6.45, 7) is 5.83. The number of aliphatic hydroxyl groups is 2. The fourth-order valence-electron chi connectivity index (χ4n) is 6.53. The van der Waals surface area contributed by atoms with Crippen LogP contribution in [0.4, 0.5) is 0 Å². The maximum atomic E-state index is 13.2. The molecule has 1 saturated carbocycles. The van der Waals surface area contributed by atoms with Gasteiger partial charge in [-0.25, -0.2) is 0 Å².